The molecule has 0 bridgehead atoms. The molecule has 6 nitrogen and oxygen atoms in total. The van der Waals surface area contributed by atoms with Gasteiger partial charge in [0.15, 0.2) is 0 Å². The average molecular weight is 1180 g/mol. The Morgan fingerprint density at radius 1 is 0.333 bits per heavy atom. The van der Waals surface area contributed by atoms with E-state index in [9.17, 15) is 19.8 Å². The topological polar surface area (TPSA) is 95.9 Å². The quantitative estimate of drug-likeness (QED) is 0.0320. The van der Waals surface area contributed by atoms with Crippen LogP contribution < -0.4 is 5.32 Å². The Kier molecular flexibility index (Phi) is 71.9. The summed E-state index contributed by atoms with van der Waals surface area (Å²) in [6.07, 6.45) is 95.0. The molecule has 6 heteroatoms. The molecule has 0 aliphatic carbocycles. The summed E-state index contributed by atoms with van der Waals surface area (Å²) in [7, 11) is 0. The molecular formula is C78H149NO5. The number of carbonyl (C=O) groups excluding carboxylic acids is 2. The summed E-state index contributed by atoms with van der Waals surface area (Å²) in [5.74, 6) is -0.0269. The van der Waals surface area contributed by atoms with Gasteiger partial charge >= 0.3 is 5.97 Å². The highest BCUT2D eigenvalue weighted by Gasteiger charge is 2.20. The van der Waals surface area contributed by atoms with E-state index in [-0.39, 0.29) is 18.5 Å². The van der Waals surface area contributed by atoms with Crippen molar-refractivity contribution in [1.82, 2.24) is 5.32 Å². The molecule has 0 aromatic heterocycles. The third-order valence-electron chi connectivity index (χ3n) is 17.9. The highest BCUT2D eigenvalue weighted by atomic mass is 16.5. The molecule has 2 atom stereocenters. The molecule has 0 saturated carbocycles. The van der Waals surface area contributed by atoms with Crippen LogP contribution in [0.5, 0.6) is 0 Å². The molecule has 0 rings (SSSR count). The number of unbranched alkanes of at least 4 members (excludes halogenated alkanes) is 55. The van der Waals surface area contributed by atoms with Crippen LogP contribution >= 0.6 is 0 Å². The van der Waals surface area contributed by atoms with Crippen molar-refractivity contribution in [2.24, 2.45) is 0 Å². The van der Waals surface area contributed by atoms with Crippen molar-refractivity contribution in [3.8, 4) is 0 Å². The van der Waals surface area contributed by atoms with Crippen molar-refractivity contribution >= 4 is 11.9 Å². The van der Waals surface area contributed by atoms with Crippen molar-refractivity contribution in [3.63, 3.8) is 0 Å². The number of allylic oxidation sites excluding steroid dienone is 6. The van der Waals surface area contributed by atoms with E-state index in [1.54, 1.807) is 0 Å². The van der Waals surface area contributed by atoms with Crippen molar-refractivity contribution in [3.05, 3.63) is 36.5 Å². The van der Waals surface area contributed by atoms with Crippen LogP contribution in [0.25, 0.3) is 0 Å². The second kappa shape index (κ2) is 73.5. The van der Waals surface area contributed by atoms with E-state index in [4.69, 9.17) is 4.74 Å². The van der Waals surface area contributed by atoms with Gasteiger partial charge in [0.2, 0.25) is 5.91 Å². The average Bonchev–Trinajstić information content (AvgIpc) is 3.51. The van der Waals surface area contributed by atoms with Crippen LogP contribution in [0.1, 0.15) is 425 Å². The number of aliphatic hydroxyl groups is 2. The van der Waals surface area contributed by atoms with Gasteiger partial charge in [-0.15, -0.1) is 0 Å². The van der Waals surface area contributed by atoms with Gasteiger partial charge in [-0.1, -0.05) is 365 Å². The predicted octanol–water partition coefficient (Wildman–Crippen LogP) is 25.0. The van der Waals surface area contributed by atoms with Gasteiger partial charge in [-0.2, -0.15) is 0 Å². The fourth-order valence-electron chi connectivity index (χ4n) is 12.1. The number of aliphatic hydroxyl groups excluding tert-OH is 2. The number of nitrogens with one attached hydrogen (secondary N) is 1. The molecule has 0 aromatic carbocycles. The van der Waals surface area contributed by atoms with Crippen LogP contribution in [0.2, 0.25) is 0 Å². The monoisotopic (exact) mass is 1180 g/mol. The molecule has 0 radical (unpaired) electrons. The van der Waals surface area contributed by atoms with Gasteiger partial charge in [0.1, 0.15) is 0 Å². The Morgan fingerprint density at radius 3 is 0.917 bits per heavy atom. The third-order valence-corrected chi connectivity index (χ3v) is 17.9. The number of carbonyl (C=O) groups is 2. The maximum Gasteiger partial charge on any atom is 0.305 e. The molecule has 2 unspecified atom stereocenters. The zero-order valence-corrected chi connectivity index (χ0v) is 56.9. The summed E-state index contributed by atoms with van der Waals surface area (Å²) in [5.41, 5.74) is 0. The van der Waals surface area contributed by atoms with Crippen molar-refractivity contribution < 1.29 is 24.5 Å². The molecule has 0 aliphatic rings. The maximum atomic E-state index is 12.6. The fourth-order valence-corrected chi connectivity index (χ4v) is 12.1. The van der Waals surface area contributed by atoms with Crippen LogP contribution in [0.15, 0.2) is 36.5 Å². The van der Waals surface area contributed by atoms with Crippen molar-refractivity contribution in [1.29, 1.82) is 0 Å². The Morgan fingerprint density at radius 2 is 0.595 bits per heavy atom. The largest absolute Gasteiger partial charge is 0.466 e. The first-order chi connectivity index (χ1) is 41.5. The molecule has 0 heterocycles. The van der Waals surface area contributed by atoms with Crippen LogP contribution in [-0.4, -0.2) is 47.4 Å². The van der Waals surface area contributed by atoms with Crippen molar-refractivity contribution in [2.45, 2.75) is 437 Å². The molecular weight excluding hydrogens is 1030 g/mol. The minimum Gasteiger partial charge on any atom is -0.466 e. The first-order valence-corrected chi connectivity index (χ1v) is 38.2. The first kappa shape index (κ1) is 82.1. The standard InChI is InChI=1S/C78H149NO5/c1-3-5-7-9-11-13-15-17-19-20-21-22-23-31-34-37-40-43-46-50-54-58-62-66-70-76(81)75(74-80)79-77(82)71-67-63-59-55-51-47-44-41-38-35-32-29-27-25-24-26-28-30-33-36-39-42-45-49-53-57-61-65-69-73-84-78(83)72-68-64-60-56-52-48-18-16-14-12-10-8-6-4-2/h16,18,24,26,30,33,75-76,80-81H,3-15,17,19-23,25,27-29,31-32,34-74H2,1-2H3,(H,79,82)/b18-16-,26-24-,33-30-. The highest BCUT2D eigenvalue weighted by Crippen LogP contribution is 2.19. The molecule has 3 N–H and O–H groups in total. The van der Waals surface area contributed by atoms with E-state index in [1.807, 2.05) is 0 Å². The molecule has 496 valence electrons. The lowest BCUT2D eigenvalue weighted by molar-refractivity contribution is -0.143. The molecule has 0 aromatic rings. The number of hydrogen-bond donors (Lipinski definition) is 3. The highest BCUT2D eigenvalue weighted by molar-refractivity contribution is 5.76. The number of rotatable bonds is 72. The molecule has 0 aliphatic heterocycles. The summed E-state index contributed by atoms with van der Waals surface area (Å²) in [6, 6.07) is -0.544. The van der Waals surface area contributed by atoms with E-state index >= 15 is 0 Å². The van der Waals surface area contributed by atoms with Gasteiger partial charge in [-0.25, -0.2) is 0 Å². The summed E-state index contributed by atoms with van der Waals surface area (Å²) in [5, 5.41) is 23.5. The lowest BCUT2D eigenvalue weighted by Gasteiger charge is -2.22. The molecule has 1 amide bonds. The Bertz CT molecular complexity index is 1360. The minimum absolute atomic E-state index is 0.00415. The number of ether oxygens (including phenoxy) is 1. The van der Waals surface area contributed by atoms with Gasteiger partial charge in [0.05, 0.1) is 25.4 Å². The zero-order chi connectivity index (χ0) is 60.6. The number of hydrogen-bond acceptors (Lipinski definition) is 5. The van der Waals surface area contributed by atoms with E-state index in [2.05, 4.69) is 55.6 Å². The maximum absolute atomic E-state index is 12.6. The lowest BCUT2D eigenvalue weighted by atomic mass is 10.0. The van der Waals surface area contributed by atoms with E-state index in [1.165, 1.54) is 340 Å². The fraction of sp³-hybridized carbons (Fsp3) is 0.897. The Labute approximate surface area is 525 Å². The van der Waals surface area contributed by atoms with Gasteiger partial charge < -0.3 is 20.3 Å². The van der Waals surface area contributed by atoms with Gasteiger partial charge in [0, 0.05) is 12.8 Å². The first-order valence-electron chi connectivity index (χ1n) is 38.2. The molecule has 0 saturated heterocycles. The molecule has 0 fully saturated rings. The predicted molar refractivity (Wildman–Crippen MR) is 370 cm³/mol. The van der Waals surface area contributed by atoms with Gasteiger partial charge in [0.25, 0.3) is 0 Å². The Balaban J connectivity index is 3.41. The second-order valence-electron chi connectivity index (χ2n) is 26.3. The third kappa shape index (κ3) is 69.2. The zero-order valence-electron chi connectivity index (χ0n) is 56.9. The molecule has 0 spiro atoms. The molecule has 84 heavy (non-hydrogen) atoms. The van der Waals surface area contributed by atoms with Crippen LogP contribution in [-0.2, 0) is 14.3 Å². The van der Waals surface area contributed by atoms with E-state index in [0.29, 0.717) is 25.9 Å². The summed E-state index contributed by atoms with van der Waals surface area (Å²) in [4.78, 5) is 24.6. The lowest BCUT2D eigenvalue weighted by Crippen LogP contribution is -2.45. The normalized spacial score (nSPS) is 12.7. The van der Waals surface area contributed by atoms with Crippen LogP contribution in [0, 0.1) is 0 Å². The Hall–Kier alpha value is -1.92. The minimum atomic E-state index is -0.667. The number of amides is 1. The summed E-state index contributed by atoms with van der Waals surface area (Å²) >= 11 is 0. The van der Waals surface area contributed by atoms with Crippen LogP contribution in [0.4, 0.5) is 0 Å². The number of esters is 1. The van der Waals surface area contributed by atoms with E-state index < -0.39 is 12.1 Å². The second-order valence-corrected chi connectivity index (χ2v) is 26.3. The smallest absolute Gasteiger partial charge is 0.305 e. The summed E-state index contributed by atoms with van der Waals surface area (Å²) < 4.78 is 5.48. The van der Waals surface area contributed by atoms with Crippen LogP contribution in [0.3, 0.4) is 0 Å². The SMILES string of the molecule is CCCCCCC/C=C\CCCCCCCC(=O)OCCCCCCCCCCC/C=C\C/C=C\CCCCCCCCCCCCCCCC(=O)NC(CO)C(O)CCCCCCCCCCCCCCCCCCCCCCCCCC. The summed E-state index contributed by atoms with van der Waals surface area (Å²) in [6.45, 7) is 4.98. The van der Waals surface area contributed by atoms with E-state index in [0.717, 1.165) is 51.4 Å². The van der Waals surface area contributed by atoms with Gasteiger partial charge in [-0.05, 0) is 83.5 Å². The van der Waals surface area contributed by atoms with Gasteiger partial charge in [-0.3, -0.25) is 9.59 Å². The van der Waals surface area contributed by atoms with Crippen molar-refractivity contribution in [2.75, 3.05) is 13.2 Å².